The van der Waals surface area contributed by atoms with E-state index < -0.39 is 6.10 Å². The van der Waals surface area contributed by atoms with Gasteiger partial charge in [0.1, 0.15) is 5.75 Å². The number of nitrogens with zero attached hydrogens (tertiary/aromatic N) is 1. The molecule has 1 atom stereocenters. The molecule has 4 nitrogen and oxygen atoms in total. The van der Waals surface area contributed by atoms with E-state index in [4.69, 9.17) is 4.74 Å². The topological polar surface area (TPSA) is 41.6 Å². The third kappa shape index (κ3) is 5.18. The number of hydrogen-bond donors (Lipinski definition) is 1. The predicted octanol–water partition coefficient (Wildman–Crippen LogP) is 2.64. The molecule has 1 heterocycles. The minimum Gasteiger partial charge on any atom is -0.481 e. The van der Waals surface area contributed by atoms with Crippen molar-refractivity contribution in [2.75, 3.05) is 26.7 Å². The van der Waals surface area contributed by atoms with Crippen LogP contribution in [0.4, 0.5) is 0 Å². The maximum atomic E-state index is 12.4. The van der Waals surface area contributed by atoms with Crippen molar-refractivity contribution in [2.24, 2.45) is 5.92 Å². The van der Waals surface area contributed by atoms with Crippen LogP contribution in [0.15, 0.2) is 24.3 Å². The summed E-state index contributed by atoms with van der Waals surface area (Å²) in [6.07, 6.45) is 1.72. The fourth-order valence-corrected chi connectivity index (χ4v) is 2.77. The van der Waals surface area contributed by atoms with E-state index in [0.717, 1.165) is 38.2 Å². The molecule has 0 radical (unpaired) electrons. The number of rotatable bonds is 5. The second kappa shape index (κ2) is 9.01. The van der Waals surface area contributed by atoms with Gasteiger partial charge in [-0.15, -0.1) is 12.4 Å². The highest BCUT2D eigenvalue weighted by atomic mass is 35.5. The van der Waals surface area contributed by atoms with Crippen LogP contribution in [0.2, 0.25) is 0 Å². The van der Waals surface area contributed by atoms with Crippen LogP contribution < -0.4 is 10.1 Å². The molecule has 0 aromatic heterocycles. The molecule has 1 N–H and O–H groups in total. The predicted molar refractivity (Wildman–Crippen MR) is 91.7 cm³/mol. The van der Waals surface area contributed by atoms with Gasteiger partial charge in [-0.3, -0.25) is 4.79 Å². The molecule has 1 aromatic rings. The normalized spacial score (nSPS) is 16.8. The Hall–Kier alpha value is -1.26. The molecule has 0 spiro atoms. The minimum atomic E-state index is -0.423. The molecule has 0 saturated carbocycles. The van der Waals surface area contributed by atoms with Gasteiger partial charge in [0.2, 0.25) is 0 Å². The number of halogens is 1. The second-order valence-electron chi connectivity index (χ2n) is 5.90. The third-order valence-electron chi connectivity index (χ3n) is 4.10. The van der Waals surface area contributed by atoms with Crippen LogP contribution in [-0.4, -0.2) is 43.6 Å². The first kappa shape index (κ1) is 18.8. The van der Waals surface area contributed by atoms with E-state index in [1.54, 1.807) is 0 Å². The molecule has 0 aliphatic carbocycles. The van der Waals surface area contributed by atoms with E-state index >= 15 is 0 Å². The van der Waals surface area contributed by atoms with Crippen molar-refractivity contribution in [3.8, 4) is 5.75 Å². The number of likely N-dealkylation sites (tertiary alicyclic amines) is 1. The van der Waals surface area contributed by atoms with Gasteiger partial charge in [-0.1, -0.05) is 17.7 Å². The standard InChI is InChI=1S/C17H26N2O2.ClH/c1-13-4-6-16(7-5-13)21-14(2)17(20)19-10-8-15(9-11-19)12-18-3;/h4-7,14-15,18H,8-12H2,1-3H3;1H. The van der Waals surface area contributed by atoms with Gasteiger partial charge in [0, 0.05) is 13.1 Å². The van der Waals surface area contributed by atoms with Crippen molar-refractivity contribution in [1.29, 1.82) is 0 Å². The van der Waals surface area contributed by atoms with Crippen LogP contribution in [0, 0.1) is 12.8 Å². The first-order valence-corrected chi connectivity index (χ1v) is 7.77. The summed E-state index contributed by atoms with van der Waals surface area (Å²) in [6, 6.07) is 7.82. The Bertz CT molecular complexity index is 456. The SMILES string of the molecule is CNCC1CCN(C(=O)C(C)Oc2ccc(C)cc2)CC1.Cl. The van der Waals surface area contributed by atoms with Gasteiger partial charge in [-0.25, -0.2) is 0 Å². The van der Waals surface area contributed by atoms with Crippen molar-refractivity contribution >= 4 is 18.3 Å². The van der Waals surface area contributed by atoms with Crippen molar-refractivity contribution in [3.05, 3.63) is 29.8 Å². The van der Waals surface area contributed by atoms with E-state index in [1.807, 2.05) is 50.1 Å². The number of amides is 1. The van der Waals surface area contributed by atoms with Crippen molar-refractivity contribution in [2.45, 2.75) is 32.8 Å². The number of aryl methyl sites for hydroxylation is 1. The van der Waals surface area contributed by atoms with Crippen LogP contribution in [0.5, 0.6) is 5.75 Å². The molecular weight excluding hydrogens is 300 g/mol. The average Bonchev–Trinajstić information content (AvgIpc) is 2.50. The lowest BCUT2D eigenvalue weighted by Crippen LogP contribution is -2.45. The Morgan fingerprint density at radius 1 is 1.32 bits per heavy atom. The van der Waals surface area contributed by atoms with E-state index in [0.29, 0.717) is 5.92 Å². The van der Waals surface area contributed by atoms with Gasteiger partial charge >= 0.3 is 0 Å². The van der Waals surface area contributed by atoms with Gasteiger partial charge < -0.3 is 15.0 Å². The summed E-state index contributed by atoms with van der Waals surface area (Å²) in [5, 5.41) is 3.21. The Morgan fingerprint density at radius 2 is 1.91 bits per heavy atom. The Labute approximate surface area is 139 Å². The fourth-order valence-electron chi connectivity index (χ4n) is 2.77. The highest BCUT2D eigenvalue weighted by Gasteiger charge is 2.26. The summed E-state index contributed by atoms with van der Waals surface area (Å²) in [7, 11) is 1.98. The Morgan fingerprint density at radius 3 is 2.45 bits per heavy atom. The molecule has 1 unspecified atom stereocenters. The Kier molecular flexibility index (Phi) is 7.69. The number of carbonyl (C=O) groups is 1. The zero-order valence-electron chi connectivity index (χ0n) is 13.7. The van der Waals surface area contributed by atoms with Gasteiger partial charge in [-0.05, 0) is 58.3 Å². The summed E-state index contributed by atoms with van der Waals surface area (Å²) >= 11 is 0. The molecule has 1 aliphatic rings. The van der Waals surface area contributed by atoms with E-state index in [9.17, 15) is 4.79 Å². The summed E-state index contributed by atoms with van der Waals surface area (Å²) < 4.78 is 5.76. The number of carbonyl (C=O) groups excluding carboxylic acids is 1. The average molecular weight is 327 g/mol. The van der Waals surface area contributed by atoms with Gasteiger partial charge in [0.25, 0.3) is 5.91 Å². The summed E-state index contributed by atoms with van der Waals surface area (Å²) in [5.41, 5.74) is 1.19. The number of nitrogens with one attached hydrogen (secondary N) is 1. The highest BCUT2D eigenvalue weighted by Crippen LogP contribution is 2.19. The molecule has 2 rings (SSSR count). The monoisotopic (exact) mass is 326 g/mol. The summed E-state index contributed by atoms with van der Waals surface area (Å²) in [6.45, 7) is 6.59. The lowest BCUT2D eigenvalue weighted by molar-refractivity contribution is -0.139. The van der Waals surface area contributed by atoms with Crippen molar-refractivity contribution in [1.82, 2.24) is 10.2 Å². The molecule has 0 bridgehead atoms. The second-order valence-corrected chi connectivity index (χ2v) is 5.90. The molecule has 1 saturated heterocycles. The summed E-state index contributed by atoms with van der Waals surface area (Å²) in [4.78, 5) is 14.4. The van der Waals surface area contributed by atoms with Crippen LogP contribution >= 0.6 is 12.4 Å². The van der Waals surface area contributed by atoms with Crippen molar-refractivity contribution in [3.63, 3.8) is 0 Å². The molecule has 1 aromatic carbocycles. The van der Waals surface area contributed by atoms with Gasteiger partial charge in [0.05, 0.1) is 0 Å². The zero-order chi connectivity index (χ0) is 15.2. The molecule has 124 valence electrons. The zero-order valence-corrected chi connectivity index (χ0v) is 14.5. The number of benzene rings is 1. The van der Waals surface area contributed by atoms with Crippen LogP contribution in [0.3, 0.4) is 0 Å². The molecule has 22 heavy (non-hydrogen) atoms. The molecule has 1 fully saturated rings. The van der Waals surface area contributed by atoms with Gasteiger partial charge in [-0.2, -0.15) is 0 Å². The highest BCUT2D eigenvalue weighted by molar-refractivity contribution is 5.85. The first-order chi connectivity index (χ1) is 10.1. The maximum Gasteiger partial charge on any atom is 0.263 e. The van der Waals surface area contributed by atoms with Crippen LogP contribution in [0.1, 0.15) is 25.3 Å². The van der Waals surface area contributed by atoms with Crippen LogP contribution in [0.25, 0.3) is 0 Å². The lowest BCUT2D eigenvalue weighted by Gasteiger charge is -2.33. The number of hydrogen-bond acceptors (Lipinski definition) is 3. The van der Waals surface area contributed by atoms with Gasteiger partial charge in [0.15, 0.2) is 6.10 Å². The molecule has 5 heteroatoms. The lowest BCUT2D eigenvalue weighted by atomic mass is 9.96. The number of piperidine rings is 1. The van der Waals surface area contributed by atoms with Crippen LogP contribution in [-0.2, 0) is 4.79 Å². The fraction of sp³-hybridized carbons (Fsp3) is 0.588. The smallest absolute Gasteiger partial charge is 0.263 e. The molecule has 1 amide bonds. The van der Waals surface area contributed by atoms with E-state index in [1.165, 1.54) is 5.56 Å². The Balaban J connectivity index is 0.00000242. The quantitative estimate of drug-likeness (QED) is 0.904. The minimum absolute atomic E-state index is 0. The molecular formula is C17H27ClN2O2. The maximum absolute atomic E-state index is 12.4. The first-order valence-electron chi connectivity index (χ1n) is 7.77. The van der Waals surface area contributed by atoms with Crippen molar-refractivity contribution < 1.29 is 9.53 Å². The molecule has 1 aliphatic heterocycles. The van der Waals surface area contributed by atoms with E-state index in [-0.39, 0.29) is 18.3 Å². The number of ether oxygens (including phenoxy) is 1. The third-order valence-corrected chi connectivity index (χ3v) is 4.10. The van der Waals surface area contributed by atoms with E-state index in [2.05, 4.69) is 5.32 Å². The summed E-state index contributed by atoms with van der Waals surface area (Å²) in [5.74, 6) is 1.54. The largest absolute Gasteiger partial charge is 0.481 e.